The van der Waals surface area contributed by atoms with Crippen LogP contribution in [-0.4, -0.2) is 65.3 Å². The fourth-order valence-corrected chi connectivity index (χ4v) is 10.3. The Morgan fingerprint density at radius 2 is 1.67 bits per heavy atom. The summed E-state index contributed by atoms with van der Waals surface area (Å²) in [6, 6.07) is 11.3. The first-order chi connectivity index (χ1) is 18.9. The van der Waals surface area contributed by atoms with Gasteiger partial charge in [-0.3, -0.25) is 14.5 Å². The van der Waals surface area contributed by atoms with E-state index in [1.807, 2.05) is 16.2 Å². The van der Waals surface area contributed by atoms with Gasteiger partial charge < -0.3 is 9.80 Å². The summed E-state index contributed by atoms with van der Waals surface area (Å²) in [5, 5.41) is 2.22. The van der Waals surface area contributed by atoms with Crippen molar-refractivity contribution in [2.24, 2.45) is 23.2 Å². The molecule has 2 aromatic rings. The molecule has 0 N–H and O–H groups in total. The summed E-state index contributed by atoms with van der Waals surface area (Å²) < 4.78 is 0. The molecular formula is C33H43N3O2S. The standard InChI is InChI=1S/C33H43N3O2S/c1-22-5-3-4-6-27(22)31-28-9-14-39-29(28)7-10-34(31)11-8-30(37)35-12-13-36(23(2)21-35)32(38)33-18-24-15-25(19-33)17-26(16-24)20-33/h3-6,9,14,23-26,31H,7-8,10-13,15-21H2,1-2H3/t23-,24?,25?,26?,31-,33?/m0/s1. The second-order valence-electron chi connectivity index (χ2n) is 13.5. The van der Waals surface area contributed by atoms with Crippen LogP contribution >= 0.6 is 11.3 Å². The van der Waals surface area contributed by atoms with Crippen LogP contribution in [0.1, 0.15) is 79.5 Å². The number of piperazine rings is 1. The lowest BCUT2D eigenvalue weighted by atomic mass is 9.49. The van der Waals surface area contributed by atoms with E-state index in [1.54, 1.807) is 0 Å². The van der Waals surface area contributed by atoms with Crippen molar-refractivity contribution in [3.05, 3.63) is 57.3 Å². The first-order valence-corrected chi connectivity index (χ1v) is 16.2. The molecule has 2 aliphatic heterocycles. The average molecular weight is 546 g/mol. The predicted octanol–water partition coefficient (Wildman–Crippen LogP) is 5.67. The monoisotopic (exact) mass is 545 g/mol. The fourth-order valence-electron chi connectivity index (χ4n) is 9.43. The summed E-state index contributed by atoms with van der Waals surface area (Å²) in [6.45, 7) is 8.17. The zero-order valence-corrected chi connectivity index (χ0v) is 24.4. The van der Waals surface area contributed by atoms with Crippen LogP contribution in [0.4, 0.5) is 0 Å². The van der Waals surface area contributed by atoms with Crippen molar-refractivity contribution < 1.29 is 9.59 Å². The Morgan fingerprint density at radius 3 is 2.36 bits per heavy atom. The van der Waals surface area contributed by atoms with Crippen LogP contribution < -0.4 is 0 Å². The summed E-state index contributed by atoms with van der Waals surface area (Å²) in [6.07, 6.45) is 9.04. The molecule has 0 radical (unpaired) electrons. The number of aryl methyl sites for hydroxylation is 1. The SMILES string of the molecule is Cc1ccccc1[C@H]1c2ccsc2CCN1CCC(=O)N1CCN(C(=O)C23CC4CC(CC(C4)C2)C3)[C@@H](C)C1. The summed E-state index contributed by atoms with van der Waals surface area (Å²) in [5.74, 6) is 3.00. The van der Waals surface area contributed by atoms with Crippen LogP contribution in [0.2, 0.25) is 0 Å². The third-order valence-corrected chi connectivity index (χ3v) is 11.9. The molecule has 6 aliphatic rings. The number of carbonyl (C=O) groups is 2. The van der Waals surface area contributed by atoms with Gasteiger partial charge in [0.05, 0.1) is 11.5 Å². The second kappa shape index (κ2) is 10.0. The summed E-state index contributed by atoms with van der Waals surface area (Å²) in [7, 11) is 0. The van der Waals surface area contributed by atoms with Crippen LogP contribution in [0.25, 0.3) is 0 Å². The van der Waals surface area contributed by atoms with Gasteiger partial charge in [-0.1, -0.05) is 24.3 Å². The van der Waals surface area contributed by atoms with Gasteiger partial charge in [0.15, 0.2) is 0 Å². The van der Waals surface area contributed by atoms with Crippen LogP contribution in [0, 0.1) is 30.1 Å². The molecule has 0 spiro atoms. The normalized spacial score (nSPS) is 33.8. The zero-order chi connectivity index (χ0) is 26.7. The van der Waals surface area contributed by atoms with E-state index in [9.17, 15) is 9.59 Å². The van der Waals surface area contributed by atoms with Crippen LogP contribution in [-0.2, 0) is 16.0 Å². The smallest absolute Gasteiger partial charge is 0.229 e. The Labute approximate surface area is 237 Å². The number of benzene rings is 1. The quantitative estimate of drug-likeness (QED) is 0.486. The molecule has 1 aromatic carbocycles. The summed E-state index contributed by atoms with van der Waals surface area (Å²) >= 11 is 1.87. The Balaban J connectivity index is 0.993. The Hall–Kier alpha value is -2.18. The van der Waals surface area contributed by atoms with Crippen molar-refractivity contribution in [2.75, 3.05) is 32.7 Å². The number of amides is 2. The zero-order valence-electron chi connectivity index (χ0n) is 23.6. The van der Waals surface area contributed by atoms with Crippen molar-refractivity contribution in [3.63, 3.8) is 0 Å². The lowest BCUT2D eigenvalue weighted by Gasteiger charge is -2.57. The lowest BCUT2D eigenvalue weighted by molar-refractivity contribution is -0.163. The molecule has 0 unspecified atom stereocenters. The summed E-state index contributed by atoms with van der Waals surface area (Å²) in [5.41, 5.74) is 3.99. The van der Waals surface area contributed by atoms with Gasteiger partial charge in [0, 0.05) is 50.1 Å². The van der Waals surface area contributed by atoms with Gasteiger partial charge in [-0.05, 0) is 105 Å². The van der Waals surface area contributed by atoms with Gasteiger partial charge >= 0.3 is 0 Å². The van der Waals surface area contributed by atoms with E-state index in [2.05, 4.69) is 59.4 Å². The molecule has 2 amide bonds. The van der Waals surface area contributed by atoms with E-state index in [0.29, 0.717) is 32.0 Å². The molecule has 2 atom stereocenters. The second-order valence-corrected chi connectivity index (χ2v) is 14.5. The molecule has 5 fully saturated rings. The highest BCUT2D eigenvalue weighted by Gasteiger charge is 2.56. The van der Waals surface area contributed by atoms with Gasteiger partial charge in [-0.2, -0.15) is 0 Å². The maximum absolute atomic E-state index is 14.0. The first kappa shape index (κ1) is 25.8. The molecule has 3 heterocycles. The largest absolute Gasteiger partial charge is 0.339 e. The molecule has 5 nitrogen and oxygen atoms in total. The third-order valence-electron chi connectivity index (χ3n) is 10.9. The van der Waals surface area contributed by atoms with E-state index in [1.165, 1.54) is 40.8 Å². The Bertz CT molecular complexity index is 1220. The topological polar surface area (TPSA) is 43.9 Å². The molecule has 6 heteroatoms. The minimum atomic E-state index is -0.0887. The number of hydrogen-bond donors (Lipinski definition) is 0. The van der Waals surface area contributed by atoms with E-state index >= 15 is 0 Å². The lowest BCUT2D eigenvalue weighted by Crippen LogP contribution is -2.61. The van der Waals surface area contributed by atoms with Gasteiger partial charge in [0.2, 0.25) is 11.8 Å². The molecule has 1 saturated heterocycles. The van der Waals surface area contributed by atoms with E-state index < -0.39 is 0 Å². The van der Waals surface area contributed by atoms with E-state index in [-0.39, 0.29) is 23.4 Å². The maximum atomic E-state index is 14.0. The molecule has 4 saturated carbocycles. The van der Waals surface area contributed by atoms with E-state index in [0.717, 1.165) is 56.5 Å². The van der Waals surface area contributed by atoms with Crippen LogP contribution in [0.3, 0.4) is 0 Å². The number of hydrogen-bond acceptors (Lipinski definition) is 4. The van der Waals surface area contributed by atoms with Gasteiger partial charge in [-0.25, -0.2) is 0 Å². The number of rotatable bonds is 5. The first-order valence-electron chi connectivity index (χ1n) is 15.3. The minimum Gasteiger partial charge on any atom is -0.339 e. The molecule has 1 aromatic heterocycles. The third kappa shape index (κ3) is 4.56. The molecular weight excluding hydrogens is 502 g/mol. The number of thiophene rings is 1. The Morgan fingerprint density at radius 1 is 0.949 bits per heavy atom. The van der Waals surface area contributed by atoms with Crippen molar-refractivity contribution in [1.82, 2.24) is 14.7 Å². The molecule has 39 heavy (non-hydrogen) atoms. The molecule has 4 bridgehead atoms. The van der Waals surface area contributed by atoms with Crippen molar-refractivity contribution in [2.45, 2.75) is 77.3 Å². The molecule has 208 valence electrons. The van der Waals surface area contributed by atoms with Crippen molar-refractivity contribution in [3.8, 4) is 0 Å². The minimum absolute atomic E-state index is 0.0887. The number of nitrogens with zero attached hydrogens (tertiary/aromatic N) is 3. The van der Waals surface area contributed by atoms with E-state index in [4.69, 9.17) is 0 Å². The molecule has 4 aliphatic carbocycles. The molecule has 8 rings (SSSR count). The number of fused-ring (bicyclic) bond motifs is 1. The maximum Gasteiger partial charge on any atom is 0.229 e. The fraction of sp³-hybridized carbons (Fsp3) is 0.636. The van der Waals surface area contributed by atoms with Crippen LogP contribution in [0.5, 0.6) is 0 Å². The van der Waals surface area contributed by atoms with Gasteiger partial charge in [0.25, 0.3) is 0 Å². The van der Waals surface area contributed by atoms with Crippen LogP contribution in [0.15, 0.2) is 35.7 Å². The van der Waals surface area contributed by atoms with Gasteiger partial charge in [-0.15, -0.1) is 11.3 Å². The predicted molar refractivity (Wildman–Crippen MR) is 156 cm³/mol. The Kier molecular flexibility index (Phi) is 6.62. The average Bonchev–Trinajstić information content (AvgIpc) is 3.40. The highest BCUT2D eigenvalue weighted by atomic mass is 32.1. The van der Waals surface area contributed by atoms with Crippen molar-refractivity contribution >= 4 is 23.2 Å². The summed E-state index contributed by atoms with van der Waals surface area (Å²) in [4.78, 5) is 35.7. The number of carbonyl (C=O) groups excluding carboxylic acids is 2. The highest BCUT2D eigenvalue weighted by Crippen LogP contribution is 2.60. The van der Waals surface area contributed by atoms with Gasteiger partial charge in [0.1, 0.15) is 0 Å². The highest BCUT2D eigenvalue weighted by molar-refractivity contribution is 7.10. The van der Waals surface area contributed by atoms with Crippen molar-refractivity contribution in [1.29, 1.82) is 0 Å².